The van der Waals surface area contributed by atoms with Crippen LogP contribution in [0, 0.1) is 0 Å². The normalized spacial score (nSPS) is 14.3. The van der Waals surface area contributed by atoms with E-state index in [-0.39, 0.29) is 6.04 Å². The molecule has 1 aliphatic rings. The van der Waals surface area contributed by atoms with E-state index in [4.69, 9.17) is 14.2 Å². The van der Waals surface area contributed by atoms with Crippen LogP contribution in [0.1, 0.15) is 44.6 Å². The number of rotatable bonds is 8. The van der Waals surface area contributed by atoms with Gasteiger partial charge in [0.05, 0.1) is 13.7 Å². The maximum atomic E-state index is 11.8. The average molecular weight is 404 g/mol. The summed E-state index contributed by atoms with van der Waals surface area (Å²) in [5, 5.41) is 4.93. The van der Waals surface area contributed by atoms with Gasteiger partial charge >= 0.3 is 12.0 Å². The standard InChI is InChI=1S/C21H28N2O6/c1-3-28-18-13-15(9-11-17(18)27-2)10-12-20(25)29-14-19(24)23-21(26)22-16-7-5-4-6-8-16/h9-13,16H,3-8,14H2,1-2H3,(H2,22,23,24,26)/b12-10+. The van der Waals surface area contributed by atoms with Gasteiger partial charge in [0.2, 0.25) is 0 Å². The Balaban J connectivity index is 1.76. The highest BCUT2D eigenvalue weighted by atomic mass is 16.5. The number of hydrogen-bond acceptors (Lipinski definition) is 6. The number of ether oxygens (including phenoxy) is 3. The Morgan fingerprint density at radius 3 is 2.59 bits per heavy atom. The number of imide groups is 1. The summed E-state index contributed by atoms with van der Waals surface area (Å²) in [6.07, 6.45) is 7.89. The van der Waals surface area contributed by atoms with Crippen LogP contribution in [-0.4, -0.2) is 44.3 Å². The van der Waals surface area contributed by atoms with Crippen LogP contribution in [-0.2, 0) is 14.3 Å². The van der Waals surface area contributed by atoms with Gasteiger partial charge in [-0.25, -0.2) is 9.59 Å². The minimum Gasteiger partial charge on any atom is -0.493 e. The molecule has 0 saturated heterocycles. The molecule has 0 bridgehead atoms. The molecule has 0 heterocycles. The van der Waals surface area contributed by atoms with Gasteiger partial charge in [0, 0.05) is 12.1 Å². The van der Waals surface area contributed by atoms with E-state index in [0.717, 1.165) is 25.7 Å². The molecule has 29 heavy (non-hydrogen) atoms. The third-order valence-corrected chi connectivity index (χ3v) is 4.44. The summed E-state index contributed by atoms with van der Waals surface area (Å²) in [7, 11) is 1.55. The first kappa shape index (κ1) is 22.3. The van der Waals surface area contributed by atoms with E-state index in [2.05, 4.69) is 10.6 Å². The molecule has 0 aliphatic heterocycles. The molecule has 1 saturated carbocycles. The van der Waals surface area contributed by atoms with E-state index < -0.39 is 24.5 Å². The Morgan fingerprint density at radius 2 is 1.90 bits per heavy atom. The first-order chi connectivity index (χ1) is 14.0. The number of urea groups is 1. The number of benzene rings is 1. The maximum Gasteiger partial charge on any atom is 0.331 e. The van der Waals surface area contributed by atoms with E-state index in [1.54, 1.807) is 25.3 Å². The molecule has 1 fully saturated rings. The van der Waals surface area contributed by atoms with Crippen molar-refractivity contribution in [2.75, 3.05) is 20.3 Å². The summed E-state index contributed by atoms with van der Waals surface area (Å²) in [4.78, 5) is 35.4. The van der Waals surface area contributed by atoms with Gasteiger partial charge < -0.3 is 19.5 Å². The zero-order chi connectivity index (χ0) is 21.1. The summed E-state index contributed by atoms with van der Waals surface area (Å²) in [5.74, 6) is -0.214. The summed E-state index contributed by atoms with van der Waals surface area (Å²) in [6.45, 7) is 1.81. The predicted molar refractivity (Wildman–Crippen MR) is 108 cm³/mol. The molecule has 1 aromatic carbocycles. The number of methoxy groups -OCH3 is 1. The summed E-state index contributed by atoms with van der Waals surface area (Å²) in [6, 6.07) is 4.75. The van der Waals surface area contributed by atoms with Gasteiger partial charge in [0.25, 0.3) is 5.91 Å². The molecular formula is C21H28N2O6. The molecule has 158 valence electrons. The summed E-state index contributed by atoms with van der Waals surface area (Å²) in [5.41, 5.74) is 0.711. The lowest BCUT2D eigenvalue weighted by molar-refractivity contribution is -0.143. The number of nitrogens with one attached hydrogen (secondary N) is 2. The van der Waals surface area contributed by atoms with Gasteiger partial charge in [0.15, 0.2) is 18.1 Å². The second-order valence-electron chi connectivity index (χ2n) is 6.64. The van der Waals surface area contributed by atoms with Gasteiger partial charge in [0.1, 0.15) is 0 Å². The van der Waals surface area contributed by atoms with E-state index >= 15 is 0 Å². The predicted octanol–water partition coefficient (Wildman–Crippen LogP) is 2.81. The van der Waals surface area contributed by atoms with Crippen molar-refractivity contribution >= 4 is 24.0 Å². The van der Waals surface area contributed by atoms with Gasteiger partial charge in [-0.1, -0.05) is 25.3 Å². The summed E-state index contributed by atoms with van der Waals surface area (Å²) < 4.78 is 15.6. The van der Waals surface area contributed by atoms with Crippen LogP contribution in [0.2, 0.25) is 0 Å². The van der Waals surface area contributed by atoms with Crippen LogP contribution in [0.25, 0.3) is 6.08 Å². The van der Waals surface area contributed by atoms with Crippen molar-refractivity contribution < 1.29 is 28.6 Å². The molecule has 0 spiro atoms. The van der Waals surface area contributed by atoms with Crippen molar-refractivity contribution in [1.29, 1.82) is 0 Å². The monoisotopic (exact) mass is 404 g/mol. The molecule has 2 N–H and O–H groups in total. The molecule has 1 aromatic rings. The third kappa shape index (κ3) is 7.85. The Hall–Kier alpha value is -3.03. The molecule has 1 aliphatic carbocycles. The van der Waals surface area contributed by atoms with Gasteiger partial charge in [-0.2, -0.15) is 0 Å². The average Bonchev–Trinajstić information content (AvgIpc) is 2.71. The third-order valence-electron chi connectivity index (χ3n) is 4.44. The topological polar surface area (TPSA) is 103 Å². The van der Waals surface area contributed by atoms with Gasteiger partial charge in [-0.05, 0) is 43.5 Å². The van der Waals surface area contributed by atoms with Crippen LogP contribution in [0.3, 0.4) is 0 Å². The van der Waals surface area contributed by atoms with Crippen molar-refractivity contribution in [3.05, 3.63) is 29.8 Å². The summed E-state index contributed by atoms with van der Waals surface area (Å²) >= 11 is 0. The van der Waals surface area contributed by atoms with Gasteiger partial charge in [-0.15, -0.1) is 0 Å². The molecule has 8 nitrogen and oxygen atoms in total. The first-order valence-electron chi connectivity index (χ1n) is 9.77. The molecule has 3 amide bonds. The molecule has 0 atom stereocenters. The number of carbonyl (C=O) groups excluding carboxylic acids is 3. The second kappa shape index (κ2) is 11.7. The van der Waals surface area contributed by atoms with Gasteiger partial charge in [-0.3, -0.25) is 10.1 Å². The van der Waals surface area contributed by atoms with Crippen molar-refractivity contribution in [2.45, 2.75) is 45.1 Å². The largest absolute Gasteiger partial charge is 0.493 e. The van der Waals surface area contributed by atoms with Crippen molar-refractivity contribution in [1.82, 2.24) is 10.6 Å². The van der Waals surface area contributed by atoms with E-state index in [9.17, 15) is 14.4 Å². The first-order valence-corrected chi connectivity index (χ1v) is 9.77. The number of hydrogen-bond donors (Lipinski definition) is 2. The number of carbonyl (C=O) groups is 3. The molecule has 0 unspecified atom stereocenters. The lowest BCUT2D eigenvalue weighted by Crippen LogP contribution is -2.46. The minimum atomic E-state index is -0.693. The smallest absolute Gasteiger partial charge is 0.331 e. The Bertz CT molecular complexity index is 741. The Morgan fingerprint density at radius 1 is 1.14 bits per heavy atom. The van der Waals surface area contributed by atoms with Crippen LogP contribution in [0.4, 0.5) is 4.79 Å². The highest BCUT2D eigenvalue weighted by Crippen LogP contribution is 2.28. The molecule has 2 rings (SSSR count). The fourth-order valence-corrected chi connectivity index (χ4v) is 3.05. The van der Waals surface area contributed by atoms with Crippen molar-refractivity contribution in [2.24, 2.45) is 0 Å². The molecule has 0 radical (unpaired) electrons. The zero-order valence-corrected chi connectivity index (χ0v) is 16.9. The minimum absolute atomic E-state index is 0.0908. The quantitative estimate of drug-likeness (QED) is 0.510. The lowest BCUT2D eigenvalue weighted by atomic mass is 9.96. The highest BCUT2D eigenvalue weighted by Gasteiger charge is 2.17. The van der Waals surface area contributed by atoms with Crippen LogP contribution in [0.15, 0.2) is 24.3 Å². The highest BCUT2D eigenvalue weighted by molar-refractivity contribution is 5.96. The molecule has 0 aromatic heterocycles. The SMILES string of the molecule is CCOc1cc(/C=C/C(=O)OCC(=O)NC(=O)NC2CCCCC2)ccc1OC. The molecule has 8 heteroatoms. The molecular weight excluding hydrogens is 376 g/mol. The fourth-order valence-electron chi connectivity index (χ4n) is 3.05. The van der Waals surface area contributed by atoms with Crippen LogP contribution in [0.5, 0.6) is 11.5 Å². The number of amides is 3. The number of esters is 1. The van der Waals surface area contributed by atoms with Crippen LogP contribution < -0.4 is 20.1 Å². The zero-order valence-electron chi connectivity index (χ0n) is 16.9. The van der Waals surface area contributed by atoms with E-state index in [1.165, 1.54) is 18.6 Å². The van der Waals surface area contributed by atoms with Crippen molar-refractivity contribution in [3.63, 3.8) is 0 Å². The Kier molecular flexibility index (Phi) is 9.01. The second-order valence-corrected chi connectivity index (χ2v) is 6.64. The van der Waals surface area contributed by atoms with E-state index in [1.807, 2.05) is 6.92 Å². The fraction of sp³-hybridized carbons (Fsp3) is 0.476. The maximum absolute atomic E-state index is 11.8. The lowest BCUT2D eigenvalue weighted by Gasteiger charge is -2.22. The Labute approximate surface area is 170 Å². The van der Waals surface area contributed by atoms with Crippen molar-refractivity contribution in [3.8, 4) is 11.5 Å². The van der Waals surface area contributed by atoms with E-state index in [0.29, 0.717) is 23.7 Å². The van der Waals surface area contributed by atoms with Crippen LogP contribution >= 0.6 is 0 Å².